The highest BCUT2D eigenvalue weighted by Gasteiger charge is 2.44. The lowest BCUT2D eigenvalue weighted by atomic mass is 10.1. The van der Waals surface area contributed by atoms with Gasteiger partial charge in [-0.3, -0.25) is 4.90 Å². The van der Waals surface area contributed by atoms with Crippen LogP contribution in [0, 0.1) is 5.92 Å². The molecular formula is C11H17F2NO4. The van der Waals surface area contributed by atoms with Crippen molar-refractivity contribution in [3.05, 3.63) is 0 Å². The first kappa shape index (κ1) is 14.7. The van der Waals surface area contributed by atoms with Crippen LogP contribution in [0.5, 0.6) is 0 Å². The van der Waals surface area contributed by atoms with Crippen molar-refractivity contribution in [1.82, 2.24) is 4.90 Å². The van der Waals surface area contributed by atoms with E-state index in [9.17, 15) is 18.4 Å². The normalized spacial score (nSPS) is 24.4. The first-order valence-corrected chi connectivity index (χ1v) is 5.62. The molecule has 104 valence electrons. The van der Waals surface area contributed by atoms with Crippen molar-refractivity contribution < 1.29 is 28.2 Å². The predicted molar refractivity (Wildman–Crippen MR) is 58.5 cm³/mol. The van der Waals surface area contributed by atoms with E-state index in [-0.39, 0.29) is 13.0 Å². The number of amides is 1. The molecule has 0 aromatic carbocycles. The summed E-state index contributed by atoms with van der Waals surface area (Å²) in [5.74, 6) is -2.40. The number of ether oxygens (including phenoxy) is 1. The zero-order chi connectivity index (χ0) is 14.1. The summed E-state index contributed by atoms with van der Waals surface area (Å²) >= 11 is 0. The monoisotopic (exact) mass is 265 g/mol. The van der Waals surface area contributed by atoms with E-state index >= 15 is 0 Å². The maximum Gasteiger partial charge on any atom is 0.411 e. The molecule has 1 aliphatic rings. The van der Waals surface area contributed by atoms with Gasteiger partial charge in [0.25, 0.3) is 0 Å². The molecule has 0 aromatic heterocycles. The second-order valence-electron chi connectivity index (χ2n) is 5.32. The van der Waals surface area contributed by atoms with E-state index in [4.69, 9.17) is 9.84 Å². The zero-order valence-electron chi connectivity index (χ0n) is 10.5. The van der Waals surface area contributed by atoms with Gasteiger partial charge < -0.3 is 9.84 Å². The van der Waals surface area contributed by atoms with E-state index in [0.29, 0.717) is 0 Å². The molecule has 1 heterocycles. The molecule has 0 saturated carbocycles. The van der Waals surface area contributed by atoms with Gasteiger partial charge in [-0.2, -0.15) is 0 Å². The Morgan fingerprint density at radius 1 is 1.39 bits per heavy atom. The molecule has 0 radical (unpaired) electrons. The zero-order valence-corrected chi connectivity index (χ0v) is 10.5. The van der Waals surface area contributed by atoms with Crippen molar-refractivity contribution in [3.63, 3.8) is 0 Å². The topological polar surface area (TPSA) is 66.8 Å². The summed E-state index contributed by atoms with van der Waals surface area (Å²) in [6.45, 7) is 4.59. The van der Waals surface area contributed by atoms with Crippen molar-refractivity contribution in [3.8, 4) is 0 Å². The lowest BCUT2D eigenvalue weighted by Gasteiger charge is -2.26. The molecular weight excluding hydrogens is 248 g/mol. The van der Waals surface area contributed by atoms with Crippen molar-refractivity contribution in [2.24, 2.45) is 5.92 Å². The van der Waals surface area contributed by atoms with Crippen molar-refractivity contribution in [2.45, 2.75) is 45.3 Å². The minimum atomic E-state index is -2.64. The lowest BCUT2D eigenvalue weighted by molar-refractivity contribution is -0.142. The number of alkyl halides is 2. The highest BCUT2D eigenvalue weighted by Crippen LogP contribution is 2.29. The molecule has 1 saturated heterocycles. The van der Waals surface area contributed by atoms with Crippen molar-refractivity contribution in [2.75, 3.05) is 6.54 Å². The number of halogens is 2. The third kappa shape index (κ3) is 3.54. The van der Waals surface area contributed by atoms with Crippen LogP contribution in [0.25, 0.3) is 0 Å². The smallest absolute Gasteiger partial charge is 0.411 e. The highest BCUT2D eigenvalue weighted by atomic mass is 19.3. The van der Waals surface area contributed by atoms with Gasteiger partial charge in [0.15, 0.2) is 0 Å². The van der Waals surface area contributed by atoms with E-state index in [1.54, 1.807) is 20.8 Å². The Morgan fingerprint density at radius 2 is 1.94 bits per heavy atom. The van der Waals surface area contributed by atoms with E-state index in [1.165, 1.54) is 0 Å². The SMILES string of the molecule is CC(C)(C)OC(=O)N1CC(C(F)F)C[C@H]1C(=O)O. The third-order valence-electron chi connectivity index (χ3n) is 2.60. The molecule has 7 heteroatoms. The molecule has 1 rings (SSSR count). The van der Waals surface area contributed by atoms with Crippen molar-refractivity contribution >= 4 is 12.1 Å². The number of hydrogen-bond donors (Lipinski definition) is 1. The molecule has 1 unspecified atom stereocenters. The summed E-state index contributed by atoms with van der Waals surface area (Å²) in [5.41, 5.74) is -0.789. The average molecular weight is 265 g/mol. The van der Waals surface area contributed by atoms with Crippen LogP contribution < -0.4 is 0 Å². The fourth-order valence-electron chi connectivity index (χ4n) is 1.81. The number of nitrogens with zero attached hydrogens (tertiary/aromatic N) is 1. The minimum absolute atomic E-state index is 0.244. The lowest BCUT2D eigenvalue weighted by Crippen LogP contribution is -2.43. The molecule has 5 nitrogen and oxygen atoms in total. The molecule has 2 atom stereocenters. The molecule has 0 spiro atoms. The molecule has 18 heavy (non-hydrogen) atoms. The van der Waals surface area contributed by atoms with E-state index in [1.807, 2.05) is 0 Å². The van der Waals surface area contributed by atoms with Gasteiger partial charge in [0.1, 0.15) is 11.6 Å². The fraction of sp³-hybridized carbons (Fsp3) is 0.818. The van der Waals surface area contributed by atoms with Crippen LogP contribution in [-0.2, 0) is 9.53 Å². The first-order chi connectivity index (χ1) is 8.11. The van der Waals surface area contributed by atoms with Crippen LogP contribution in [-0.4, -0.2) is 46.7 Å². The Balaban J connectivity index is 2.78. The summed E-state index contributed by atoms with van der Waals surface area (Å²) in [7, 11) is 0. The summed E-state index contributed by atoms with van der Waals surface area (Å²) < 4.78 is 30.2. The maximum absolute atomic E-state index is 12.6. The molecule has 0 bridgehead atoms. The van der Waals surface area contributed by atoms with Gasteiger partial charge in [-0.05, 0) is 27.2 Å². The van der Waals surface area contributed by atoms with Crippen LogP contribution in [0.4, 0.5) is 13.6 Å². The van der Waals surface area contributed by atoms with Gasteiger partial charge in [-0.25, -0.2) is 18.4 Å². The van der Waals surface area contributed by atoms with Gasteiger partial charge in [-0.1, -0.05) is 0 Å². The quantitative estimate of drug-likeness (QED) is 0.828. The number of carboxylic acids is 1. The number of aliphatic carboxylic acids is 1. The van der Waals surface area contributed by atoms with Crippen LogP contribution in [0.1, 0.15) is 27.2 Å². The average Bonchev–Trinajstić information content (AvgIpc) is 2.58. The standard InChI is InChI=1S/C11H17F2NO4/c1-11(2,3)18-10(17)14-5-6(8(12)13)4-7(14)9(15)16/h6-8H,4-5H2,1-3H3,(H,15,16)/t6?,7-/m0/s1. The van der Waals surface area contributed by atoms with Gasteiger partial charge in [-0.15, -0.1) is 0 Å². The Kier molecular flexibility index (Phi) is 4.13. The molecule has 1 fully saturated rings. The minimum Gasteiger partial charge on any atom is -0.480 e. The number of carbonyl (C=O) groups excluding carboxylic acids is 1. The van der Waals surface area contributed by atoms with Gasteiger partial charge >= 0.3 is 12.1 Å². The summed E-state index contributed by atoms with van der Waals surface area (Å²) in [4.78, 5) is 23.6. The van der Waals surface area contributed by atoms with Gasteiger partial charge in [0, 0.05) is 12.5 Å². The van der Waals surface area contributed by atoms with E-state index in [2.05, 4.69) is 0 Å². The van der Waals surface area contributed by atoms with Gasteiger partial charge in [0.2, 0.25) is 6.43 Å². The fourth-order valence-corrected chi connectivity index (χ4v) is 1.81. The molecule has 1 N–H and O–H groups in total. The first-order valence-electron chi connectivity index (χ1n) is 5.62. The molecule has 0 aromatic rings. The van der Waals surface area contributed by atoms with Crippen LogP contribution in [0.3, 0.4) is 0 Å². The molecule has 0 aliphatic carbocycles. The third-order valence-corrected chi connectivity index (χ3v) is 2.60. The number of hydrogen-bond acceptors (Lipinski definition) is 3. The van der Waals surface area contributed by atoms with E-state index in [0.717, 1.165) is 4.90 Å². The highest BCUT2D eigenvalue weighted by molar-refractivity contribution is 5.81. The van der Waals surface area contributed by atoms with Crippen LogP contribution in [0.15, 0.2) is 0 Å². The summed E-state index contributed by atoms with van der Waals surface area (Å²) in [6, 6.07) is -1.24. The van der Waals surface area contributed by atoms with Crippen molar-refractivity contribution in [1.29, 1.82) is 0 Å². The maximum atomic E-state index is 12.6. The van der Waals surface area contributed by atoms with Crippen LogP contribution >= 0.6 is 0 Å². The Hall–Kier alpha value is -1.40. The van der Waals surface area contributed by atoms with Crippen LogP contribution in [0.2, 0.25) is 0 Å². The predicted octanol–water partition coefficient (Wildman–Crippen LogP) is 1.96. The Bertz CT molecular complexity index is 340. The molecule has 1 amide bonds. The Morgan fingerprint density at radius 3 is 2.33 bits per heavy atom. The number of rotatable bonds is 2. The summed E-state index contributed by atoms with van der Waals surface area (Å²) in [5, 5.41) is 8.94. The van der Waals surface area contributed by atoms with E-state index < -0.39 is 36.0 Å². The van der Waals surface area contributed by atoms with Gasteiger partial charge in [0.05, 0.1) is 0 Å². The second kappa shape index (κ2) is 5.07. The number of carbonyl (C=O) groups is 2. The second-order valence-corrected chi connectivity index (χ2v) is 5.32. The summed E-state index contributed by atoms with van der Waals surface area (Å²) in [6.07, 6.45) is -3.75. The number of likely N-dealkylation sites (tertiary alicyclic amines) is 1. The number of carboxylic acid groups (broad SMARTS) is 1. The molecule has 1 aliphatic heterocycles. The largest absolute Gasteiger partial charge is 0.480 e. The Labute approximate surface area is 104 Å².